The van der Waals surface area contributed by atoms with E-state index in [2.05, 4.69) is 33.4 Å². The maximum Gasteiger partial charge on any atom is 0.124 e. The molecule has 1 atom stereocenters. The topological polar surface area (TPSA) is 55.9 Å². The third-order valence-corrected chi connectivity index (χ3v) is 3.96. The van der Waals surface area contributed by atoms with Gasteiger partial charge in [0.05, 0.1) is 23.0 Å². The molecular formula is C13H15BrClFN4. The number of halogens is 3. The van der Waals surface area contributed by atoms with Crippen molar-refractivity contribution in [1.29, 1.82) is 0 Å². The highest BCUT2D eigenvalue weighted by molar-refractivity contribution is 9.10. The summed E-state index contributed by atoms with van der Waals surface area (Å²) in [4.78, 5) is 0. The molecule has 2 aromatic rings. The summed E-state index contributed by atoms with van der Waals surface area (Å²) >= 11 is 9.57. The van der Waals surface area contributed by atoms with Crippen LogP contribution in [-0.2, 0) is 6.54 Å². The van der Waals surface area contributed by atoms with Gasteiger partial charge in [-0.3, -0.25) is 10.5 Å². The molecule has 7 heteroatoms. The van der Waals surface area contributed by atoms with Crippen molar-refractivity contribution in [3.05, 3.63) is 51.0 Å². The van der Waals surface area contributed by atoms with Gasteiger partial charge in [0, 0.05) is 11.0 Å². The summed E-state index contributed by atoms with van der Waals surface area (Å²) in [6.45, 7) is 2.79. The minimum absolute atomic E-state index is 0.315. The van der Waals surface area contributed by atoms with Crippen molar-refractivity contribution in [3.8, 4) is 0 Å². The molecule has 0 amide bonds. The normalized spacial score (nSPS) is 12.7. The summed E-state index contributed by atoms with van der Waals surface area (Å²) < 4.78 is 15.6. The van der Waals surface area contributed by atoms with Crippen molar-refractivity contribution in [3.63, 3.8) is 0 Å². The summed E-state index contributed by atoms with van der Waals surface area (Å²) in [5, 5.41) is 4.77. The van der Waals surface area contributed by atoms with E-state index in [1.54, 1.807) is 12.3 Å². The van der Waals surface area contributed by atoms with Crippen LogP contribution in [0.4, 0.5) is 4.39 Å². The lowest BCUT2D eigenvalue weighted by Crippen LogP contribution is -2.31. The van der Waals surface area contributed by atoms with Gasteiger partial charge in [-0.15, -0.1) is 0 Å². The van der Waals surface area contributed by atoms with Gasteiger partial charge in [-0.05, 0) is 24.1 Å². The molecule has 1 unspecified atom stereocenters. The fourth-order valence-corrected chi connectivity index (χ4v) is 2.93. The smallest absolute Gasteiger partial charge is 0.124 e. The number of hydrogen-bond acceptors (Lipinski definition) is 3. The molecule has 0 bridgehead atoms. The quantitative estimate of drug-likeness (QED) is 0.634. The molecule has 20 heavy (non-hydrogen) atoms. The standard InChI is InChI=1S/C13H15BrClFN4/c1-2-5-20-13(11(15)7-18-20)12(19-17)9-4-3-8(16)6-10(9)14/h3-4,6-7,12,19H,2,5,17H2,1H3. The van der Waals surface area contributed by atoms with Gasteiger partial charge in [0.2, 0.25) is 0 Å². The van der Waals surface area contributed by atoms with Gasteiger partial charge in [0.25, 0.3) is 0 Å². The molecule has 0 saturated heterocycles. The highest BCUT2D eigenvalue weighted by Crippen LogP contribution is 2.32. The van der Waals surface area contributed by atoms with Gasteiger partial charge >= 0.3 is 0 Å². The van der Waals surface area contributed by atoms with Crippen LogP contribution in [0.3, 0.4) is 0 Å². The van der Waals surface area contributed by atoms with Crippen LogP contribution >= 0.6 is 27.5 Å². The zero-order chi connectivity index (χ0) is 14.7. The molecule has 0 aliphatic heterocycles. The molecule has 0 radical (unpaired) electrons. The Labute approximate surface area is 130 Å². The Morgan fingerprint density at radius 2 is 2.30 bits per heavy atom. The van der Waals surface area contributed by atoms with Crippen LogP contribution < -0.4 is 11.3 Å². The molecule has 1 heterocycles. The Morgan fingerprint density at radius 3 is 2.90 bits per heavy atom. The predicted octanol–water partition coefficient (Wildman–Crippen LogP) is 3.40. The molecule has 2 rings (SSSR count). The maximum atomic E-state index is 13.2. The third kappa shape index (κ3) is 3.03. The second-order valence-electron chi connectivity index (χ2n) is 4.37. The third-order valence-electron chi connectivity index (χ3n) is 2.98. The van der Waals surface area contributed by atoms with Crippen LogP contribution in [0.1, 0.15) is 30.6 Å². The number of nitrogens with zero attached hydrogens (tertiary/aromatic N) is 2. The van der Waals surface area contributed by atoms with Crippen molar-refractivity contribution in [2.45, 2.75) is 25.9 Å². The number of nitrogens with two attached hydrogens (primary N) is 1. The molecular weight excluding hydrogens is 347 g/mol. The number of hydrogen-bond donors (Lipinski definition) is 2. The van der Waals surface area contributed by atoms with Gasteiger partial charge in [-0.1, -0.05) is 40.5 Å². The second-order valence-corrected chi connectivity index (χ2v) is 5.63. The molecule has 1 aromatic heterocycles. The zero-order valence-electron chi connectivity index (χ0n) is 10.9. The van der Waals surface area contributed by atoms with Crippen molar-refractivity contribution in [2.24, 2.45) is 5.84 Å². The van der Waals surface area contributed by atoms with Gasteiger partial charge in [0.15, 0.2) is 0 Å². The van der Waals surface area contributed by atoms with E-state index in [9.17, 15) is 4.39 Å². The van der Waals surface area contributed by atoms with Crippen LogP contribution in [0.15, 0.2) is 28.9 Å². The Morgan fingerprint density at radius 1 is 1.55 bits per heavy atom. The molecule has 108 valence electrons. The summed E-state index contributed by atoms with van der Waals surface area (Å²) in [6.07, 6.45) is 2.52. The van der Waals surface area contributed by atoms with Crippen LogP contribution in [0.5, 0.6) is 0 Å². The summed E-state index contributed by atoms with van der Waals surface area (Å²) in [5.41, 5.74) is 4.29. The first kappa shape index (κ1) is 15.4. The fourth-order valence-electron chi connectivity index (χ4n) is 2.10. The maximum absolute atomic E-state index is 13.2. The number of nitrogens with one attached hydrogen (secondary N) is 1. The SMILES string of the molecule is CCCn1ncc(Cl)c1C(NN)c1ccc(F)cc1Br. The molecule has 4 nitrogen and oxygen atoms in total. The number of rotatable bonds is 5. The Kier molecular flexibility index (Phi) is 5.15. The largest absolute Gasteiger partial charge is 0.271 e. The van der Waals surface area contributed by atoms with Crippen molar-refractivity contribution in [2.75, 3.05) is 0 Å². The number of aromatic nitrogens is 2. The number of benzene rings is 1. The first-order chi connectivity index (χ1) is 9.58. The zero-order valence-corrected chi connectivity index (χ0v) is 13.2. The van der Waals surface area contributed by atoms with Gasteiger partial charge in [-0.2, -0.15) is 5.10 Å². The highest BCUT2D eigenvalue weighted by atomic mass is 79.9. The van der Waals surface area contributed by atoms with Crippen LogP contribution in [-0.4, -0.2) is 9.78 Å². The van der Waals surface area contributed by atoms with E-state index >= 15 is 0 Å². The second kappa shape index (κ2) is 6.67. The molecule has 0 aliphatic rings. The summed E-state index contributed by atoms with van der Waals surface area (Å²) in [5.74, 6) is 5.36. The van der Waals surface area contributed by atoms with E-state index in [0.29, 0.717) is 9.50 Å². The van der Waals surface area contributed by atoms with Crippen molar-refractivity contribution in [1.82, 2.24) is 15.2 Å². The van der Waals surface area contributed by atoms with E-state index in [-0.39, 0.29) is 11.9 Å². The Hall–Kier alpha value is -0.950. The van der Waals surface area contributed by atoms with Gasteiger partial charge in [-0.25, -0.2) is 9.82 Å². The monoisotopic (exact) mass is 360 g/mol. The number of hydrazine groups is 1. The minimum atomic E-state index is -0.369. The average molecular weight is 362 g/mol. The minimum Gasteiger partial charge on any atom is -0.271 e. The van der Waals surface area contributed by atoms with Crippen molar-refractivity contribution >= 4 is 27.5 Å². The summed E-state index contributed by atoms with van der Waals surface area (Å²) in [7, 11) is 0. The van der Waals surface area contributed by atoms with Gasteiger partial charge < -0.3 is 0 Å². The summed E-state index contributed by atoms with van der Waals surface area (Å²) in [6, 6.07) is 4.09. The number of aryl methyl sites for hydroxylation is 1. The first-order valence-corrected chi connectivity index (χ1v) is 7.37. The van der Waals surface area contributed by atoms with E-state index in [1.807, 2.05) is 4.68 Å². The predicted molar refractivity (Wildman–Crippen MR) is 80.8 cm³/mol. The fraction of sp³-hybridized carbons (Fsp3) is 0.308. The van der Waals surface area contributed by atoms with Crippen molar-refractivity contribution < 1.29 is 4.39 Å². The van der Waals surface area contributed by atoms with Crippen LogP contribution in [0.25, 0.3) is 0 Å². The molecule has 1 aromatic carbocycles. The van der Waals surface area contributed by atoms with E-state index in [4.69, 9.17) is 17.4 Å². The van der Waals surface area contributed by atoms with Gasteiger partial charge in [0.1, 0.15) is 5.82 Å². The molecule has 0 saturated carbocycles. The van der Waals surface area contributed by atoms with E-state index in [1.165, 1.54) is 12.1 Å². The molecule has 3 N–H and O–H groups in total. The average Bonchev–Trinajstić information content (AvgIpc) is 2.75. The highest BCUT2D eigenvalue weighted by Gasteiger charge is 2.23. The van der Waals surface area contributed by atoms with Crippen LogP contribution in [0, 0.1) is 5.82 Å². The van der Waals surface area contributed by atoms with E-state index < -0.39 is 0 Å². The molecule has 0 fully saturated rings. The lowest BCUT2D eigenvalue weighted by molar-refractivity contribution is 0.519. The Balaban J connectivity index is 2.49. The lowest BCUT2D eigenvalue weighted by atomic mass is 10.0. The molecule has 0 spiro atoms. The first-order valence-electron chi connectivity index (χ1n) is 6.20. The lowest BCUT2D eigenvalue weighted by Gasteiger charge is -2.20. The van der Waals surface area contributed by atoms with Crippen LogP contribution in [0.2, 0.25) is 5.02 Å². The Bertz CT molecular complexity index is 602. The molecule has 0 aliphatic carbocycles. The van der Waals surface area contributed by atoms with E-state index in [0.717, 1.165) is 24.2 Å².